The fourth-order valence-electron chi connectivity index (χ4n) is 5.14. The van der Waals surface area contributed by atoms with Crippen LogP contribution in [0.4, 0.5) is 0 Å². The Morgan fingerprint density at radius 3 is 0.609 bits per heavy atom. The van der Waals surface area contributed by atoms with Crippen LogP contribution < -0.4 is 0 Å². The van der Waals surface area contributed by atoms with Crippen molar-refractivity contribution in [2.24, 2.45) is 0 Å². The van der Waals surface area contributed by atoms with Crippen LogP contribution in [-0.2, 0) is 182 Å². The molecule has 0 aromatic carbocycles. The maximum absolute atomic E-state index is 13.0. The van der Waals surface area contributed by atoms with Crippen LogP contribution >= 0.6 is 0 Å². The highest BCUT2D eigenvalue weighted by Gasteiger charge is 2.59. The number of rotatable bonds is 46. The van der Waals surface area contributed by atoms with Crippen molar-refractivity contribution in [3.05, 3.63) is 0 Å². The third kappa shape index (κ3) is 26.0. The van der Waals surface area contributed by atoms with Gasteiger partial charge in [0.05, 0.1) is 0 Å². The summed E-state index contributed by atoms with van der Waals surface area (Å²) in [4.78, 5) is 0. The lowest BCUT2D eigenvalue weighted by Crippen LogP contribution is -2.58. The highest BCUT2D eigenvalue weighted by Crippen LogP contribution is 2.05. The van der Waals surface area contributed by atoms with Crippen molar-refractivity contribution in [2.75, 3.05) is 0 Å². The van der Waals surface area contributed by atoms with Crippen LogP contribution in [0.2, 0.25) is 45.8 Å². The first-order chi connectivity index (χ1) is 41.8. The summed E-state index contributed by atoms with van der Waals surface area (Å²) in [5.41, 5.74) is 0. The molecule has 41 nitrogen and oxygen atoms in total. The van der Waals surface area contributed by atoms with Crippen LogP contribution in [0, 0.1) is 0 Å². The van der Waals surface area contributed by atoms with E-state index in [0.717, 1.165) is 6.55 Å². The maximum Gasteiger partial charge on any atom is 0.381 e. The van der Waals surface area contributed by atoms with Crippen LogP contribution in [0.25, 0.3) is 0 Å². The summed E-state index contributed by atoms with van der Waals surface area (Å²) >= 11 is 0. The summed E-state index contributed by atoms with van der Waals surface area (Å²) in [6.45, 7) is 10.2. The third-order valence-electron chi connectivity index (χ3n) is 10.1. The van der Waals surface area contributed by atoms with Gasteiger partial charge >= 0.3 is 293 Å². The first-order valence-electron chi connectivity index (χ1n) is 23.3. The Bertz CT molecular complexity index is 3920. The molecule has 0 saturated carbocycles. The minimum absolute atomic E-state index is 0.906. The van der Waals surface area contributed by atoms with Crippen molar-refractivity contribution < 1.29 is 182 Å². The smallest absolute Gasteiger partial charge is 0.381 e. The molecule has 0 spiro atoms. The molecule has 0 bridgehead atoms. The minimum atomic E-state index is -4.76. The summed E-state index contributed by atoms with van der Waals surface area (Å²) in [5, 5.41) is 0. The summed E-state index contributed by atoms with van der Waals surface area (Å²) in [5.74, 6) is 0. The second-order valence-electron chi connectivity index (χ2n) is 18.0. The fraction of sp³-hybridized carbons (Fsp3) is 1.00. The SMILES string of the molecule is C[SiH2]O[Si](C)(C)[Si](=O)[Si](=O)[Si](=O)[Si](=O)[Si](=O)[Si](=O)[Si](=O)[Si](=O)[Si](=O)[Si](=O)[Si](=O)[Si](=O)[Si](=O)[Si](=O)[Si](=O)[Si](=O)[Si](=O)[Si](=O)[Si](=O)[Si](=O)[Si](=O)[Si](=O)[Si](=O)[Si](=O)[Si](=O)[SiH2]O[SiH](C)[Si](=O)[Si](=O)[Si](=O)[Si](=O)[Si](=O)[Si](=O)[Si](=O)[Si](=O)[Si](=O)[Si](=O)[Si](=O)[Si](=O)[Si](=O)[SiH2]O[Si](C)(C)C. The van der Waals surface area contributed by atoms with E-state index in [-0.39, 0.29) is 0 Å². The van der Waals surface area contributed by atoms with E-state index in [0.29, 0.717) is 0 Å². The summed E-state index contributed by atoms with van der Waals surface area (Å²) in [7, 11) is -181. The molecule has 0 amide bonds. The van der Waals surface area contributed by atoms with Crippen molar-refractivity contribution in [2.45, 2.75) is 45.8 Å². The van der Waals surface area contributed by atoms with E-state index in [4.69, 9.17) is 12.3 Å². The molecule has 92 heavy (non-hydrogen) atoms. The van der Waals surface area contributed by atoms with Crippen LogP contribution in [0.3, 0.4) is 0 Å². The van der Waals surface area contributed by atoms with E-state index in [1.807, 2.05) is 0 Å². The van der Waals surface area contributed by atoms with Gasteiger partial charge in [-0.1, -0.05) is 6.55 Å². The Morgan fingerprint density at radius 1 is 0.239 bits per heavy atom. The second-order valence-corrected chi connectivity index (χ2v) is 229. The zero-order chi connectivity index (χ0) is 72.8. The van der Waals surface area contributed by atoms with Gasteiger partial charge in [-0.25, -0.2) is 0 Å². The quantitative estimate of drug-likeness (QED) is 0.0511. The van der Waals surface area contributed by atoms with Gasteiger partial charge in [0.1, 0.15) is 9.76 Å². The van der Waals surface area contributed by atoms with Crippen molar-refractivity contribution in [3.8, 4) is 0 Å². The Hall–Kier alpha value is 1.82. The van der Waals surface area contributed by atoms with Crippen LogP contribution in [0.5, 0.6) is 0 Å². The predicted molar refractivity (Wildman–Crippen MR) is 333 cm³/mol. The summed E-state index contributed by atoms with van der Waals surface area (Å²) in [6.07, 6.45) is 0. The van der Waals surface area contributed by atoms with Crippen LogP contribution in [0.15, 0.2) is 0 Å². The number of hydrogen-bond acceptors (Lipinski definition) is 41. The van der Waals surface area contributed by atoms with Gasteiger partial charge in [-0.15, -0.1) is 0 Å². The highest BCUT2D eigenvalue weighted by atomic mass is 30.1. The van der Waals surface area contributed by atoms with Crippen molar-refractivity contribution in [3.63, 3.8) is 0 Å². The molecule has 478 valence electrons. The Kier molecular flexibility index (Phi) is 42.6. The molecule has 85 heteroatoms. The van der Waals surface area contributed by atoms with Gasteiger partial charge < -0.3 is 182 Å². The van der Waals surface area contributed by atoms with Gasteiger partial charge in [0.15, 0.2) is 8.32 Å². The lowest BCUT2D eigenvalue weighted by atomic mass is 11.8. The highest BCUT2D eigenvalue weighted by molar-refractivity contribution is 7.85. The molecule has 0 N–H and O–H groups in total. The van der Waals surface area contributed by atoms with Crippen molar-refractivity contribution in [1.29, 1.82) is 0 Å². The van der Waals surface area contributed by atoms with Gasteiger partial charge in [0.25, 0.3) is 0 Å². The van der Waals surface area contributed by atoms with E-state index in [1.165, 1.54) is 13.1 Å². The van der Waals surface area contributed by atoms with E-state index in [2.05, 4.69) is 0 Å². The van der Waals surface area contributed by atoms with E-state index in [9.17, 15) is 170 Å². The molecule has 0 aromatic rings. The number of hydrogen-bond donors (Lipinski definition) is 0. The van der Waals surface area contributed by atoms with Gasteiger partial charge in [-0.05, 0) is 39.3 Å². The van der Waals surface area contributed by atoms with Gasteiger partial charge in [0.2, 0.25) is 35.0 Å². The molecule has 0 aromatic heterocycles. The Morgan fingerprint density at radius 2 is 0.413 bits per heavy atom. The first kappa shape index (κ1) is 93.8. The van der Waals surface area contributed by atoms with E-state index < -0.39 is 346 Å². The molecule has 0 rings (SSSR count). The molecule has 0 heterocycles. The zero-order valence-corrected chi connectivity index (χ0v) is 91.8. The van der Waals surface area contributed by atoms with Crippen molar-refractivity contribution in [1.82, 2.24) is 0 Å². The second kappa shape index (κ2) is 41.8. The summed E-state index contributed by atoms with van der Waals surface area (Å²) < 4.78 is 502. The molecule has 0 aliphatic heterocycles. The fourth-order valence-corrected chi connectivity index (χ4v) is 493. The minimum Gasteiger partial charge on any atom is -0.458 e. The largest absolute Gasteiger partial charge is 0.458 e. The molecule has 0 radical (unpaired) electrons. The Balaban J connectivity index is 5.80. The van der Waals surface area contributed by atoms with Crippen LogP contribution in [-0.4, -0.2) is 346 Å². The average molecular weight is 2000 g/mol. The predicted octanol–water partition coefficient (Wildman–Crippen LogP) is -19.3. The standard InChI is InChI=1S/C7H28O41Si44/c1-49-47-92(6,7)90(45)89(44)88(43)87(42)86(41)85(40)84(39)83(38)82(37)81(36)80(35)79(34)78(33)77(32)76(31)75(30)74(29)73(28)72(27)68(23)65(20)62(17)59(14)56(11)53(8)50-46-52(2)55(10)58(13)61(16)64(19)67(22)70(25)71(26)69(24)66(21)63(18)60(15)57(12)54(9)51-48-91(3,4)5/h52H,49-51H2,1-7H3. The monoisotopic (exact) mass is 2000 g/mol. The maximum atomic E-state index is 13.0. The molecule has 0 fully saturated rings. The molecule has 0 aliphatic carbocycles. The lowest BCUT2D eigenvalue weighted by molar-refractivity contribution is 0.531. The van der Waals surface area contributed by atoms with Gasteiger partial charge in [0, 0.05) is 0 Å². The zero-order valence-electron chi connectivity index (χ0n) is 46.4. The topological polar surface area (TPSA) is 676 Å². The summed E-state index contributed by atoms with van der Waals surface area (Å²) in [6, 6.07) is 0. The molecule has 1 atom stereocenters. The normalized spacial score (nSPS) is 11.3. The molecular formula is C7H28O41Si44. The van der Waals surface area contributed by atoms with Crippen LogP contribution in [0.1, 0.15) is 0 Å². The molecule has 1 unspecified atom stereocenters. The average Bonchev–Trinajstić information content (AvgIpc) is 0.853. The molecular weight excluding hydrogens is 1980 g/mol. The van der Waals surface area contributed by atoms with E-state index >= 15 is 0 Å². The molecule has 0 saturated heterocycles. The first-order valence-corrected chi connectivity index (χ1v) is 131. The van der Waals surface area contributed by atoms with Gasteiger partial charge in [-0.3, -0.25) is 0 Å². The van der Waals surface area contributed by atoms with Crippen molar-refractivity contribution >= 4 is 346 Å². The third-order valence-corrected chi connectivity index (χ3v) is 341. The lowest BCUT2D eigenvalue weighted by Gasteiger charge is -2.17. The van der Waals surface area contributed by atoms with Gasteiger partial charge in [-0.2, -0.15) is 0 Å². The van der Waals surface area contributed by atoms with E-state index in [1.54, 1.807) is 26.2 Å². The molecule has 0 aliphatic rings. The Labute approximate surface area is 567 Å².